The molecule has 3 heteroatoms. The van der Waals surface area contributed by atoms with Crippen molar-refractivity contribution in [2.45, 2.75) is 32.4 Å². The number of likely N-dealkylation sites (N-methyl/N-ethyl adjacent to an activating group) is 1. The topological polar surface area (TPSA) is 18.5 Å². The SMILES string of the molecule is CNC(Cc1cc(C)cc(C)c1)C1CN2CCN1CC2. The summed E-state index contributed by atoms with van der Waals surface area (Å²) in [5.74, 6) is 0. The fourth-order valence-electron chi connectivity index (χ4n) is 3.91. The number of piperazine rings is 3. The van der Waals surface area contributed by atoms with Crippen LogP contribution in [0.25, 0.3) is 0 Å². The lowest BCUT2D eigenvalue weighted by Gasteiger charge is -2.50. The first kappa shape index (κ1) is 14.1. The largest absolute Gasteiger partial charge is 0.315 e. The maximum Gasteiger partial charge on any atom is 0.0380 e. The summed E-state index contributed by atoms with van der Waals surface area (Å²) in [6.45, 7) is 10.6. The number of hydrogen-bond donors (Lipinski definition) is 1. The number of hydrogen-bond acceptors (Lipinski definition) is 3. The average molecular weight is 273 g/mol. The highest BCUT2D eigenvalue weighted by Crippen LogP contribution is 2.21. The van der Waals surface area contributed by atoms with Gasteiger partial charge in [0.25, 0.3) is 0 Å². The Morgan fingerprint density at radius 1 is 1.10 bits per heavy atom. The van der Waals surface area contributed by atoms with Gasteiger partial charge in [0.05, 0.1) is 0 Å². The molecule has 3 aliphatic rings. The van der Waals surface area contributed by atoms with Gasteiger partial charge in [-0.1, -0.05) is 29.3 Å². The molecule has 3 saturated heterocycles. The van der Waals surface area contributed by atoms with Crippen LogP contribution in [0.1, 0.15) is 16.7 Å². The van der Waals surface area contributed by atoms with Gasteiger partial charge in [-0.05, 0) is 32.9 Å². The molecule has 0 saturated carbocycles. The Kier molecular flexibility index (Phi) is 4.11. The van der Waals surface area contributed by atoms with Crippen molar-refractivity contribution in [2.24, 2.45) is 0 Å². The molecule has 0 radical (unpaired) electrons. The molecule has 0 aliphatic carbocycles. The number of fused-ring (bicyclic) bond motifs is 3. The summed E-state index contributed by atoms with van der Waals surface area (Å²) in [5, 5.41) is 3.58. The van der Waals surface area contributed by atoms with Crippen LogP contribution in [0, 0.1) is 13.8 Å². The van der Waals surface area contributed by atoms with E-state index < -0.39 is 0 Å². The number of nitrogens with zero attached hydrogens (tertiary/aromatic N) is 2. The number of aryl methyl sites for hydroxylation is 2. The van der Waals surface area contributed by atoms with Gasteiger partial charge in [-0.15, -0.1) is 0 Å². The molecule has 0 spiro atoms. The quantitative estimate of drug-likeness (QED) is 0.895. The van der Waals surface area contributed by atoms with E-state index in [4.69, 9.17) is 0 Å². The fourth-order valence-corrected chi connectivity index (χ4v) is 3.91. The Hall–Kier alpha value is -0.900. The van der Waals surface area contributed by atoms with Crippen molar-refractivity contribution in [3.05, 3.63) is 34.9 Å². The molecule has 4 rings (SSSR count). The highest BCUT2D eigenvalue weighted by Gasteiger charge is 2.36. The first-order valence-corrected chi connectivity index (χ1v) is 7.86. The third kappa shape index (κ3) is 2.90. The van der Waals surface area contributed by atoms with E-state index in [0.29, 0.717) is 12.1 Å². The highest BCUT2D eigenvalue weighted by atomic mass is 15.4. The maximum absolute atomic E-state index is 3.58. The van der Waals surface area contributed by atoms with Gasteiger partial charge < -0.3 is 5.32 Å². The minimum Gasteiger partial charge on any atom is -0.315 e. The molecular weight excluding hydrogens is 246 g/mol. The van der Waals surface area contributed by atoms with E-state index in [1.807, 2.05) is 0 Å². The third-order valence-electron chi connectivity index (χ3n) is 4.89. The Bertz CT molecular complexity index is 443. The van der Waals surface area contributed by atoms with Crippen molar-refractivity contribution in [1.29, 1.82) is 0 Å². The Morgan fingerprint density at radius 2 is 1.75 bits per heavy atom. The van der Waals surface area contributed by atoms with Gasteiger partial charge in [-0.2, -0.15) is 0 Å². The summed E-state index contributed by atoms with van der Waals surface area (Å²) in [4.78, 5) is 5.31. The second kappa shape index (κ2) is 5.84. The van der Waals surface area contributed by atoms with Gasteiger partial charge in [0.1, 0.15) is 0 Å². The average Bonchev–Trinajstić information content (AvgIpc) is 2.45. The van der Waals surface area contributed by atoms with Crippen molar-refractivity contribution in [2.75, 3.05) is 39.8 Å². The summed E-state index contributed by atoms with van der Waals surface area (Å²) >= 11 is 0. The Balaban J connectivity index is 1.73. The summed E-state index contributed by atoms with van der Waals surface area (Å²) in [6.07, 6.45) is 1.13. The molecule has 2 atom stereocenters. The van der Waals surface area contributed by atoms with Crippen molar-refractivity contribution in [1.82, 2.24) is 15.1 Å². The molecule has 3 nitrogen and oxygen atoms in total. The fraction of sp³-hybridized carbons (Fsp3) is 0.647. The monoisotopic (exact) mass is 273 g/mol. The minimum atomic E-state index is 0.555. The van der Waals surface area contributed by atoms with Crippen LogP contribution >= 0.6 is 0 Å². The molecule has 0 amide bonds. The Labute approximate surface area is 123 Å². The lowest BCUT2D eigenvalue weighted by molar-refractivity contribution is -0.00202. The van der Waals surface area contributed by atoms with Crippen LogP contribution in [-0.4, -0.2) is 61.7 Å². The molecule has 20 heavy (non-hydrogen) atoms. The van der Waals surface area contributed by atoms with E-state index in [2.05, 4.69) is 54.2 Å². The van der Waals surface area contributed by atoms with E-state index in [-0.39, 0.29) is 0 Å². The van der Waals surface area contributed by atoms with Crippen molar-refractivity contribution in [3.8, 4) is 0 Å². The summed E-state index contributed by atoms with van der Waals surface area (Å²) < 4.78 is 0. The van der Waals surface area contributed by atoms with Crippen molar-refractivity contribution < 1.29 is 0 Å². The number of benzene rings is 1. The molecule has 2 bridgehead atoms. The number of rotatable bonds is 4. The van der Waals surface area contributed by atoms with Crippen LogP contribution in [-0.2, 0) is 6.42 Å². The van der Waals surface area contributed by atoms with Gasteiger partial charge in [-0.3, -0.25) is 9.80 Å². The molecule has 110 valence electrons. The zero-order valence-corrected chi connectivity index (χ0v) is 13.0. The molecule has 1 aromatic carbocycles. The van der Waals surface area contributed by atoms with Crippen molar-refractivity contribution in [3.63, 3.8) is 0 Å². The maximum atomic E-state index is 3.58. The lowest BCUT2D eigenvalue weighted by atomic mass is 9.93. The smallest absolute Gasteiger partial charge is 0.0380 e. The summed E-state index contributed by atoms with van der Waals surface area (Å²) in [6, 6.07) is 8.17. The first-order chi connectivity index (χ1) is 9.65. The van der Waals surface area contributed by atoms with E-state index in [0.717, 1.165) is 6.42 Å². The second-order valence-corrected chi connectivity index (χ2v) is 6.50. The standard InChI is InChI=1S/C17H27N3/c1-13-8-14(2)10-15(9-13)11-16(18-3)17-12-19-4-6-20(17)7-5-19/h8-10,16-18H,4-7,11-12H2,1-3H3. The normalized spacial score (nSPS) is 30.4. The van der Waals surface area contributed by atoms with Gasteiger partial charge in [0, 0.05) is 44.8 Å². The van der Waals surface area contributed by atoms with Crippen LogP contribution in [0.2, 0.25) is 0 Å². The van der Waals surface area contributed by atoms with Crippen LogP contribution in [0.3, 0.4) is 0 Å². The van der Waals surface area contributed by atoms with Gasteiger partial charge in [0.15, 0.2) is 0 Å². The molecule has 1 N–H and O–H groups in total. The van der Waals surface area contributed by atoms with E-state index in [9.17, 15) is 0 Å². The van der Waals surface area contributed by atoms with Gasteiger partial charge in [0.2, 0.25) is 0 Å². The van der Waals surface area contributed by atoms with Crippen molar-refractivity contribution >= 4 is 0 Å². The van der Waals surface area contributed by atoms with E-state index in [1.54, 1.807) is 0 Å². The molecule has 3 heterocycles. The van der Waals surface area contributed by atoms with Crippen LogP contribution in [0.5, 0.6) is 0 Å². The Morgan fingerprint density at radius 3 is 2.25 bits per heavy atom. The predicted molar refractivity (Wildman–Crippen MR) is 84.3 cm³/mol. The van der Waals surface area contributed by atoms with Gasteiger partial charge in [-0.25, -0.2) is 0 Å². The van der Waals surface area contributed by atoms with Crippen LogP contribution < -0.4 is 5.32 Å². The molecule has 3 aliphatic heterocycles. The highest BCUT2D eigenvalue weighted by molar-refractivity contribution is 5.29. The molecule has 3 fully saturated rings. The van der Waals surface area contributed by atoms with E-state index >= 15 is 0 Å². The predicted octanol–water partition coefficient (Wildman–Crippen LogP) is 1.43. The van der Waals surface area contributed by atoms with Crippen LogP contribution in [0.15, 0.2) is 18.2 Å². The minimum absolute atomic E-state index is 0.555. The summed E-state index contributed by atoms with van der Waals surface area (Å²) in [7, 11) is 2.12. The van der Waals surface area contributed by atoms with Crippen LogP contribution in [0.4, 0.5) is 0 Å². The molecular formula is C17H27N3. The third-order valence-corrected chi connectivity index (χ3v) is 4.89. The molecule has 0 aromatic heterocycles. The van der Waals surface area contributed by atoms with Gasteiger partial charge >= 0.3 is 0 Å². The zero-order chi connectivity index (χ0) is 14.1. The lowest BCUT2D eigenvalue weighted by Crippen LogP contribution is -2.66. The second-order valence-electron chi connectivity index (χ2n) is 6.50. The first-order valence-electron chi connectivity index (χ1n) is 7.86. The number of nitrogens with one attached hydrogen (secondary N) is 1. The zero-order valence-electron chi connectivity index (χ0n) is 13.0. The molecule has 2 unspecified atom stereocenters. The van der Waals surface area contributed by atoms with E-state index in [1.165, 1.54) is 49.4 Å². The molecule has 1 aromatic rings. The summed E-state index contributed by atoms with van der Waals surface area (Å²) in [5.41, 5.74) is 4.23.